The molecule has 4 heteroatoms. The summed E-state index contributed by atoms with van der Waals surface area (Å²) in [6.45, 7) is 2.59. The van der Waals surface area contributed by atoms with E-state index >= 15 is 0 Å². The molecule has 1 unspecified atom stereocenters. The van der Waals surface area contributed by atoms with E-state index in [-0.39, 0.29) is 5.25 Å². The number of carbonyl (C=O) groups excluding carboxylic acids is 1. The Labute approximate surface area is 89.2 Å². The Hall–Kier alpha value is -0.220. The van der Waals surface area contributed by atoms with Gasteiger partial charge in [0.2, 0.25) is 5.91 Å². The molecule has 14 heavy (non-hydrogen) atoms. The Morgan fingerprint density at radius 1 is 1.36 bits per heavy atom. The van der Waals surface area contributed by atoms with E-state index in [0.29, 0.717) is 11.9 Å². The second kappa shape index (κ2) is 4.53. The fourth-order valence-electron chi connectivity index (χ4n) is 2.25. The lowest BCUT2D eigenvalue weighted by Gasteiger charge is -2.31. The molecule has 2 rings (SSSR count). The molecule has 2 aliphatic rings. The van der Waals surface area contributed by atoms with Crippen LogP contribution in [0.4, 0.5) is 0 Å². The lowest BCUT2D eigenvalue weighted by Crippen LogP contribution is -2.41. The first-order chi connectivity index (χ1) is 6.83. The average molecular weight is 215 g/mol. The highest BCUT2D eigenvalue weighted by Gasteiger charge is 2.35. The molecule has 0 aromatic heterocycles. The number of nitrogens with zero attached hydrogens (tertiary/aromatic N) is 1. The molecule has 0 saturated carbocycles. The van der Waals surface area contributed by atoms with E-state index in [1.54, 1.807) is 11.8 Å². The Bertz CT molecular complexity index is 216. The fourth-order valence-corrected chi connectivity index (χ4v) is 2.93. The van der Waals surface area contributed by atoms with Crippen LogP contribution in [0.15, 0.2) is 0 Å². The Kier molecular flexibility index (Phi) is 3.34. The first-order valence-corrected chi connectivity index (χ1v) is 6.52. The van der Waals surface area contributed by atoms with Gasteiger partial charge in [-0.1, -0.05) is 0 Å². The van der Waals surface area contributed by atoms with Crippen LogP contribution >= 0.6 is 11.8 Å². The van der Waals surface area contributed by atoms with E-state index in [0.717, 1.165) is 39.0 Å². The van der Waals surface area contributed by atoms with Crippen LogP contribution in [0.25, 0.3) is 0 Å². The highest BCUT2D eigenvalue weighted by Crippen LogP contribution is 2.26. The van der Waals surface area contributed by atoms with Gasteiger partial charge < -0.3 is 9.64 Å². The summed E-state index contributed by atoms with van der Waals surface area (Å²) >= 11 is 1.69. The van der Waals surface area contributed by atoms with Gasteiger partial charge >= 0.3 is 0 Å². The largest absolute Gasteiger partial charge is 0.381 e. The summed E-state index contributed by atoms with van der Waals surface area (Å²) in [5.74, 6) is 0.351. The van der Waals surface area contributed by atoms with Gasteiger partial charge in [0.25, 0.3) is 0 Å². The van der Waals surface area contributed by atoms with Crippen LogP contribution in [0.2, 0.25) is 0 Å². The summed E-state index contributed by atoms with van der Waals surface area (Å²) in [7, 11) is 0. The monoisotopic (exact) mass is 215 g/mol. The van der Waals surface area contributed by atoms with Crippen molar-refractivity contribution in [2.45, 2.75) is 30.6 Å². The van der Waals surface area contributed by atoms with Crippen molar-refractivity contribution in [1.29, 1.82) is 0 Å². The van der Waals surface area contributed by atoms with E-state index in [1.807, 2.05) is 6.26 Å². The number of likely N-dealkylation sites (tertiary alicyclic amines) is 1. The van der Waals surface area contributed by atoms with Crippen LogP contribution in [0, 0.1) is 0 Å². The van der Waals surface area contributed by atoms with Crippen molar-refractivity contribution in [3.63, 3.8) is 0 Å². The topological polar surface area (TPSA) is 29.5 Å². The molecule has 0 bridgehead atoms. The van der Waals surface area contributed by atoms with Crippen molar-refractivity contribution in [2.75, 3.05) is 26.0 Å². The molecule has 2 fully saturated rings. The summed E-state index contributed by atoms with van der Waals surface area (Å²) in [6, 6.07) is 0.452. The summed E-state index contributed by atoms with van der Waals surface area (Å²) < 4.78 is 5.30. The number of hydrogen-bond donors (Lipinski definition) is 0. The highest BCUT2D eigenvalue weighted by molar-refractivity contribution is 7.99. The molecule has 2 saturated heterocycles. The standard InChI is InChI=1S/C10H17NO2S/c1-14-9-2-5-11(10(9)12)8-3-6-13-7-4-8/h8-9H,2-7H2,1H3. The molecular weight excluding hydrogens is 198 g/mol. The van der Waals surface area contributed by atoms with Crippen LogP contribution in [-0.4, -0.2) is 48.1 Å². The van der Waals surface area contributed by atoms with E-state index in [4.69, 9.17) is 4.74 Å². The third kappa shape index (κ3) is 1.91. The molecule has 0 radical (unpaired) electrons. The predicted molar refractivity (Wildman–Crippen MR) is 57.5 cm³/mol. The zero-order valence-corrected chi connectivity index (χ0v) is 9.39. The summed E-state index contributed by atoms with van der Waals surface area (Å²) in [5, 5.41) is 0.220. The summed E-state index contributed by atoms with van der Waals surface area (Å²) in [6.07, 6.45) is 5.09. The number of rotatable bonds is 2. The summed E-state index contributed by atoms with van der Waals surface area (Å²) in [4.78, 5) is 14.0. The predicted octanol–water partition coefficient (Wildman–Crippen LogP) is 1.13. The molecule has 0 aliphatic carbocycles. The van der Waals surface area contributed by atoms with Gasteiger partial charge in [-0.25, -0.2) is 0 Å². The Balaban J connectivity index is 1.94. The molecule has 0 aromatic carbocycles. The lowest BCUT2D eigenvalue weighted by molar-refractivity contribution is -0.130. The Morgan fingerprint density at radius 2 is 2.07 bits per heavy atom. The SMILES string of the molecule is CSC1CCN(C2CCOCC2)C1=O. The van der Waals surface area contributed by atoms with Crippen LogP contribution in [0.5, 0.6) is 0 Å². The molecule has 2 heterocycles. The van der Waals surface area contributed by atoms with Gasteiger partial charge in [0, 0.05) is 25.8 Å². The minimum atomic E-state index is 0.220. The molecule has 0 spiro atoms. The number of carbonyl (C=O) groups is 1. The highest BCUT2D eigenvalue weighted by atomic mass is 32.2. The smallest absolute Gasteiger partial charge is 0.235 e. The third-order valence-corrected chi connectivity index (χ3v) is 4.11. The number of thioether (sulfide) groups is 1. The van der Waals surface area contributed by atoms with E-state index in [9.17, 15) is 4.79 Å². The van der Waals surface area contributed by atoms with Crippen LogP contribution < -0.4 is 0 Å². The molecule has 2 aliphatic heterocycles. The molecule has 0 N–H and O–H groups in total. The van der Waals surface area contributed by atoms with Crippen LogP contribution in [0.1, 0.15) is 19.3 Å². The van der Waals surface area contributed by atoms with E-state index in [1.165, 1.54) is 0 Å². The molecule has 0 aromatic rings. The van der Waals surface area contributed by atoms with Gasteiger partial charge in [0.05, 0.1) is 5.25 Å². The van der Waals surface area contributed by atoms with Crippen molar-refractivity contribution < 1.29 is 9.53 Å². The maximum atomic E-state index is 11.9. The van der Waals surface area contributed by atoms with Gasteiger partial charge in [-0.3, -0.25) is 4.79 Å². The van der Waals surface area contributed by atoms with Crippen molar-refractivity contribution >= 4 is 17.7 Å². The molecule has 1 atom stereocenters. The maximum Gasteiger partial charge on any atom is 0.235 e. The third-order valence-electron chi connectivity index (χ3n) is 3.11. The van der Waals surface area contributed by atoms with Crippen molar-refractivity contribution in [2.24, 2.45) is 0 Å². The minimum Gasteiger partial charge on any atom is -0.381 e. The molecule has 1 amide bonds. The van der Waals surface area contributed by atoms with Gasteiger partial charge in [0.1, 0.15) is 0 Å². The maximum absolute atomic E-state index is 11.9. The van der Waals surface area contributed by atoms with Crippen molar-refractivity contribution in [3.8, 4) is 0 Å². The number of hydrogen-bond acceptors (Lipinski definition) is 3. The first kappa shape index (κ1) is 10.3. The van der Waals surface area contributed by atoms with Crippen molar-refractivity contribution in [3.05, 3.63) is 0 Å². The van der Waals surface area contributed by atoms with Gasteiger partial charge in [-0.15, -0.1) is 0 Å². The van der Waals surface area contributed by atoms with Gasteiger partial charge in [-0.2, -0.15) is 11.8 Å². The molecule has 80 valence electrons. The minimum absolute atomic E-state index is 0.220. The summed E-state index contributed by atoms with van der Waals surface area (Å²) in [5.41, 5.74) is 0. The van der Waals surface area contributed by atoms with Gasteiger partial charge in [-0.05, 0) is 25.5 Å². The van der Waals surface area contributed by atoms with E-state index in [2.05, 4.69) is 4.90 Å². The number of ether oxygens (including phenoxy) is 1. The lowest BCUT2D eigenvalue weighted by atomic mass is 10.1. The quantitative estimate of drug-likeness (QED) is 0.691. The number of amides is 1. The van der Waals surface area contributed by atoms with E-state index < -0.39 is 0 Å². The van der Waals surface area contributed by atoms with Crippen LogP contribution in [0.3, 0.4) is 0 Å². The second-order valence-electron chi connectivity index (χ2n) is 3.89. The average Bonchev–Trinajstić information content (AvgIpc) is 2.61. The van der Waals surface area contributed by atoms with Crippen molar-refractivity contribution in [1.82, 2.24) is 4.90 Å². The zero-order valence-electron chi connectivity index (χ0n) is 8.57. The second-order valence-corrected chi connectivity index (χ2v) is 4.93. The molecule has 3 nitrogen and oxygen atoms in total. The van der Waals surface area contributed by atoms with Crippen LogP contribution in [-0.2, 0) is 9.53 Å². The molecular formula is C10H17NO2S. The normalized spacial score (nSPS) is 29.9. The Morgan fingerprint density at radius 3 is 2.64 bits per heavy atom. The zero-order chi connectivity index (χ0) is 9.97. The first-order valence-electron chi connectivity index (χ1n) is 5.24. The fraction of sp³-hybridized carbons (Fsp3) is 0.900. The van der Waals surface area contributed by atoms with Gasteiger partial charge in [0.15, 0.2) is 0 Å².